The van der Waals surface area contributed by atoms with E-state index in [9.17, 15) is 4.79 Å². The highest BCUT2D eigenvalue weighted by Crippen LogP contribution is 2.38. The highest BCUT2D eigenvalue weighted by atomic mass is 32.2. The number of fused-ring (bicyclic) bond motifs is 3. The van der Waals surface area contributed by atoms with Gasteiger partial charge in [-0.15, -0.1) is 11.3 Å². The quantitative estimate of drug-likeness (QED) is 0.669. The van der Waals surface area contributed by atoms with Gasteiger partial charge in [0.25, 0.3) is 0 Å². The SMILES string of the molecule is CC(Sc1nc(N)c2c3c(sc2n1)CCCC3)C(N)=O. The highest BCUT2D eigenvalue weighted by Gasteiger charge is 2.21. The van der Waals surface area contributed by atoms with Gasteiger partial charge in [0.05, 0.1) is 10.6 Å². The number of amides is 1. The molecule has 1 atom stereocenters. The van der Waals surface area contributed by atoms with Crippen molar-refractivity contribution in [3.63, 3.8) is 0 Å². The molecule has 20 heavy (non-hydrogen) atoms. The summed E-state index contributed by atoms with van der Waals surface area (Å²) < 4.78 is 0. The van der Waals surface area contributed by atoms with E-state index in [1.165, 1.54) is 35.0 Å². The molecule has 106 valence electrons. The Morgan fingerprint density at radius 3 is 2.85 bits per heavy atom. The molecule has 2 aromatic rings. The molecule has 4 N–H and O–H groups in total. The number of hydrogen-bond donors (Lipinski definition) is 2. The Kier molecular flexibility index (Phi) is 3.55. The fourth-order valence-corrected chi connectivity index (χ4v) is 4.49. The van der Waals surface area contributed by atoms with E-state index in [0.29, 0.717) is 11.0 Å². The minimum atomic E-state index is -0.372. The minimum Gasteiger partial charge on any atom is -0.383 e. The number of primary amides is 1. The number of thiophene rings is 1. The molecule has 2 aromatic heterocycles. The maximum absolute atomic E-state index is 11.1. The van der Waals surface area contributed by atoms with Gasteiger partial charge in [0.2, 0.25) is 5.91 Å². The molecule has 1 aliphatic carbocycles. The number of anilines is 1. The van der Waals surface area contributed by atoms with Crippen LogP contribution in [0.1, 0.15) is 30.2 Å². The second kappa shape index (κ2) is 5.21. The van der Waals surface area contributed by atoms with Crippen molar-refractivity contribution in [3.05, 3.63) is 10.4 Å². The number of carbonyl (C=O) groups excluding carboxylic acids is 1. The van der Waals surface area contributed by atoms with E-state index >= 15 is 0 Å². The predicted molar refractivity (Wildman–Crippen MR) is 83.0 cm³/mol. The van der Waals surface area contributed by atoms with Crippen LogP contribution in [-0.2, 0) is 17.6 Å². The van der Waals surface area contributed by atoms with Crippen molar-refractivity contribution in [2.75, 3.05) is 5.73 Å². The van der Waals surface area contributed by atoms with E-state index < -0.39 is 0 Å². The van der Waals surface area contributed by atoms with Crippen LogP contribution < -0.4 is 11.5 Å². The molecule has 1 unspecified atom stereocenters. The van der Waals surface area contributed by atoms with Crippen LogP contribution in [-0.4, -0.2) is 21.1 Å². The van der Waals surface area contributed by atoms with Gasteiger partial charge in [-0.05, 0) is 38.2 Å². The molecule has 3 rings (SSSR count). The average Bonchev–Trinajstić information content (AvgIpc) is 2.76. The van der Waals surface area contributed by atoms with E-state index in [-0.39, 0.29) is 11.2 Å². The summed E-state index contributed by atoms with van der Waals surface area (Å²) in [6.07, 6.45) is 4.60. The topological polar surface area (TPSA) is 94.9 Å². The van der Waals surface area contributed by atoms with Crippen LogP contribution in [0, 0.1) is 0 Å². The zero-order valence-corrected chi connectivity index (χ0v) is 12.8. The summed E-state index contributed by atoms with van der Waals surface area (Å²) in [5, 5.41) is 1.18. The van der Waals surface area contributed by atoms with E-state index in [4.69, 9.17) is 11.5 Å². The molecule has 0 saturated carbocycles. The van der Waals surface area contributed by atoms with Gasteiger partial charge in [-0.25, -0.2) is 9.97 Å². The smallest absolute Gasteiger partial charge is 0.230 e. The lowest BCUT2D eigenvalue weighted by molar-refractivity contribution is -0.117. The van der Waals surface area contributed by atoms with E-state index in [2.05, 4.69) is 9.97 Å². The molecular formula is C13H16N4OS2. The molecule has 0 saturated heterocycles. The standard InChI is InChI=1S/C13H16N4OS2/c1-6(11(15)18)19-13-16-10(14)9-7-4-2-3-5-8(7)20-12(9)17-13/h6H,2-5H2,1H3,(H2,15,18)(H2,14,16,17). The Bertz CT molecular complexity index is 683. The first-order chi connectivity index (χ1) is 9.56. The molecule has 1 amide bonds. The van der Waals surface area contributed by atoms with Gasteiger partial charge < -0.3 is 11.5 Å². The van der Waals surface area contributed by atoms with Crippen molar-refractivity contribution < 1.29 is 4.79 Å². The number of nitrogens with two attached hydrogens (primary N) is 2. The van der Waals surface area contributed by atoms with Crippen LogP contribution in [0.4, 0.5) is 5.82 Å². The fraction of sp³-hybridized carbons (Fsp3) is 0.462. The van der Waals surface area contributed by atoms with Crippen molar-refractivity contribution in [1.29, 1.82) is 0 Å². The summed E-state index contributed by atoms with van der Waals surface area (Å²) in [4.78, 5) is 22.3. The number of carbonyl (C=O) groups is 1. The Balaban J connectivity index is 2.04. The maximum atomic E-state index is 11.1. The van der Waals surface area contributed by atoms with Crippen molar-refractivity contribution >= 4 is 45.0 Å². The summed E-state index contributed by atoms with van der Waals surface area (Å²) >= 11 is 2.96. The normalized spacial score (nSPS) is 16.1. The van der Waals surface area contributed by atoms with Gasteiger partial charge in [-0.2, -0.15) is 0 Å². The predicted octanol–water partition coefficient (Wildman–Crippen LogP) is 2.12. The first-order valence-corrected chi connectivity index (χ1v) is 8.29. The summed E-state index contributed by atoms with van der Waals surface area (Å²) in [6, 6.07) is 0. The van der Waals surface area contributed by atoms with Gasteiger partial charge in [-0.1, -0.05) is 11.8 Å². The summed E-state index contributed by atoms with van der Waals surface area (Å²) in [7, 11) is 0. The number of rotatable bonds is 3. The van der Waals surface area contributed by atoms with Crippen LogP contribution in [0.5, 0.6) is 0 Å². The summed E-state index contributed by atoms with van der Waals surface area (Å²) in [5.41, 5.74) is 12.7. The summed E-state index contributed by atoms with van der Waals surface area (Å²) in [5.74, 6) is 0.149. The highest BCUT2D eigenvalue weighted by molar-refractivity contribution is 8.00. The number of nitrogen functional groups attached to an aromatic ring is 1. The largest absolute Gasteiger partial charge is 0.383 e. The summed E-state index contributed by atoms with van der Waals surface area (Å²) in [6.45, 7) is 1.75. The molecule has 0 aliphatic heterocycles. The van der Waals surface area contributed by atoms with Crippen LogP contribution in [0.15, 0.2) is 5.16 Å². The molecule has 1 aliphatic rings. The zero-order chi connectivity index (χ0) is 14.3. The van der Waals surface area contributed by atoms with Crippen molar-refractivity contribution in [3.8, 4) is 0 Å². The van der Waals surface area contributed by atoms with Crippen molar-refractivity contribution in [2.24, 2.45) is 5.73 Å². The number of nitrogens with zero attached hydrogens (tertiary/aromatic N) is 2. The van der Waals surface area contributed by atoms with Gasteiger partial charge in [-0.3, -0.25) is 4.79 Å². The zero-order valence-electron chi connectivity index (χ0n) is 11.2. The van der Waals surface area contributed by atoms with Crippen molar-refractivity contribution in [1.82, 2.24) is 9.97 Å². The molecule has 0 aromatic carbocycles. The molecular weight excluding hydrogens is 292 g/mol. The number of aryl methyl sites for hydroxylation is 2. The monoisotopic (exact) mass is 308 g/mol. The van der Waals surface area contributed by atoms with Gasteiger partial charge >= 0.3 is 0 Å². The molecule has 0 radical (unpaired) electrons. The van der Waals surface area contributed by atoms with Crippen LogP contribution in [0.3, 0.4) is 0 Å². The van der Waals surface area contributed by atoms with E-state index in [1.807, 2.05) is 0 Å². The molecule has 2 heterocycles. The van der Waals surface area contributed by atoms with E-state index in [1.54, 1.807) is 18.3 Å². The Labute approximate surface area is 125 Å². The number of thioether (sulfide) groups is 1. The molecule has 5 nitrogen and oxygen atoms in total. The third kappa shape index (κ3) is 2.35. The Morgan fingerprint density at radius 1 is 1.35 bits per heavy atom. The molecule has 7 heteroatoms. The van der Waals surface area contributed by atoms with Crippen molar-refractivity contribution in [2.45, 2.75) is 43.0 Å². The Morgan fingerprint density at radius 2 is 2.10 bits per heavy atom. The lowest BCUT2D eigenvalue weighted by Gasteiger charge is -2.11. The number of hydrogen-bond acceptors (Lipinski definition) is 6. The third-order valence-electron chi connectivity index (χ3n) is 3.51. The van der Waals surface area contributed by atoms with Crippen LogP contribution >= 0.6 is 23.1 Å². The third-order valence-corrected chi connectivity index (χ3v) is 5.67. The average molecular weight is 308 g/mol. The lowest BCUT2D eigenvalue weighted by atomic mass is 9.97. The lowest BCUT2D eigenvalue weighted by Crippen LogP contribution is -2.22. The fourth-order valence-electron chi connectivity index (χ4n) is 2.43. The van der Waals surface area contributed by atoms with Gasteiger partial charge in [0.15, 0.2) is 5.16 Å². The molecule has 0 bridgehead atoms. The maximum Gasteiger partial charge on any atom is 0.230 e. The van der Waals surface area contributed by atoms with E-state index in [0.717, 1.165) is 23.1 Å². The van der Waals surface area contributed by atoms with Crippen LogP contribution in [0.2, 0.25) is 0 Å². The Hall–Kier alpha value is -1.34. The first-order valence-electron chi connectivity index (χ1n) is 6.60. The first kappa shape index (κ1) is 13.6. The van der Waals surface area contributed by atoms with Gasteiger partial charge in [0, 0.05) is 4.88 Å². The molecule has 0 spiro atoms. The number of aromatic nitrogens is 2. The minimum absolute atomic E-state index is 0.360. The van der Waals surface area contributed by atoms with Crippen LogP contribution in [0.25, 0.3) is 10.2 Å². The molecule has 0 fully saturated rings. The van der Waals surface area contributed by atoms with Gasteiger partial charge in [0.1, 0.15) is 10.6 Å². The second-order valence-electron chi connectivity index (χ2n) is 4.94. The second-order valence-corrected chi connectivity index (χ2v) is 7.34.